The molecule has 0 saturated heterocycles. The molecule has 2 N–H and O–H groups in total. The number of phenolic OH excluding ortho intramolecular Hbond substituents is 1. The van der Waals surface area contributed by atoms with E-state index >= 15 is 0 Å². The first-order valence-corrected chi connectivity index (χ1v) is 6.98. The minimum absolute atomic E-state index is 0.187. The highest BCUT2D eigenvalue weighted by molar-refractivity contribution is 5.92. The molecule has 0 spiro atoms. The number of aromatic hydroxyl groups is 1. The summed E-state index contributed by atoms with van der Waals surface area (Å²) in [6, 6.07) is 12.8. The van der Waals surface area contributed by atoms with Crippen LogP contribution >= 0.6 is 0 Å². The molecule has 0 aromatic heterocycles. The fraction of sp³-hybridized carbons (Fsp3) is 0.176. The first kappa shape index (κ1) is 16.4. The van der Waals surface area contributed by atoms with E-state index in [-0.39, 0.29) is 11.8 Å². The zero-order valence-corrected chi connectivity index (χ0v) is 12.9. The average Bonchev–Trinajstić information content (AvgIpc) is 2.56. The van der Waals surface area contributed by atoms with Crippen LogP contribution in [0.25, 0.3) is 0 Å². The lowest BCUT2D eigenvalue weighted by Gasteiger charge is -2.18. The van der Waals surface area contributed by atoms with E-state index in [0.717, 1.165) is 5.56 Å². The van der Waals surface area contributed by atoms with E-state index in [4.69, 9.17) is 0 Å². The SMILES string of the molecule is COC(=O)c1ccc(NC(=O)N(C)Cc2ccc(O)cc2)cc1. The number of hydrogen-bond donors (Lipinski definition) is 2. The first-order valence-electron chi connectivity index (χ1n) is 6.98. The summed E-state index contributed by atoms with van der Waals surface area (Å²) in [5, 5.41) is 12.0. The zero-order chi connectivity index (χ0) is 16.8. The van der Waals surface area contributed by atoms with Crippen LogP contribution in [0.15, 0.2) is 48.5 Å². The molecule has 2 rings (SSSR count). The van der Waals surface area contributed by atoms with E-state index in [2.05, 4.69) is 10.1 Å². The van der Waals surface area contributed by atoms with Gasteiger partial charge in [-0.25, -0.2) is 9.59 Å². The number of amides is 2. The molecule has 6 nitrogen and oxygen atoms in total. The highest BCUT2D eigenvalue weighted by Gasteiger charge is 2.10. The molecular formula is C17H18N2O4. The third-order valence-corrected chi connectivity index (χ3v) is 3.26. The molecule has 2 aromatic rings. The van der Waals surface area contributed by atoms with Crippen LogP contribution in [0.3, 0.4) is 0 Å². The van der Waals surface area contributed by atoms with Crippen LogP contribution in [0.5, 0.6) is 5.75 Å². The summed E-state index contributed by atoms with van der Waals surface area (Å²) in [5.41, 5.74) is 1.91. The van der Waals surface area contributed by atoms with E-state index in [1.807, 2.05) is 0 Å². The largest absolute Gasteiger partial charge is 0.508 e. The Labute approximate surface area is 134 Å². The van der Waals surface area contributed by atoms with Gasteiger partial charge >= 0.3 is 12.0 Å². The highest BCUT2D eigenvalue weighted by atomic mass is 16.5. The summed E-state index contributed by atoms with van der Waals surface area (Å²) in [6.07, 6.45) is 0. The molecule has 0 bridgehead atoms. The summed E-state index contributed by atoms with van der Waals surface area (Å²) in [5.74, 6) is -0.237. The summed E-state index contributed by atoms with van der Waals surface area (Å²) >= 11 is 0. The van der Waals surface area contributed by atoms with Crippen LogP contribution in [-0.2, 0) is 11.3 Å². The Hall–Kier alpha value is -3.02. The van der Waals surface area contributed by atoms with Gasteiger partial charge in [0.05, 0.1) is 12.7 Å². The van der Waals surface area contributed by atoms with Gasteiger partial charge < -0.3 is 20.1 Å². The number of ether oxygens (including phenoxy) is 1. The molecular weight excluding hydrogens is 296 g/mol. The van der Waals surface area contributed by atoms with Gasteiger partial charge in [0, 0.05) is 19.3 Å². The second-order valence-corrected chi connectivity index (χ2v) is 5.02. The van der Waals surface area contributed by atoms with Gasteiger partial charge in [0.25, 0.3) is 0 Å². The molecule has 0 unspecified atom stereocenters. The third kappa shape index (κ3) is 4.47. The minimum Gasteiger partial charge on any atom is -0.508 e. The van der Waals surface area contributed by atoms with E-state index < -0.39 is 5.97 Å². The monoisotopic (exact) mass is 314 g/mol. The Balaban J connectivity index is 1.95. The van der Waals surface area contributed by atoms with Gasteiger partial charge in [-0.3, -0.25) is 0 Å². The van der Waals surface area contributed by atoms with E-state index in [9.17, 15) is 14.7 Å². The standard InChI is InChI=1S/C17H18N2O4/c1-19(11-12-3-9-15(20)10-4-12)17(22)18-14-7-5-13(6-8-14)16(21)23-2/h3-10,20H,11H2,1-2H3,(H,18,22). The molecule has 0 heterocycles. The topological polar surface area (TPSA) is 78.9 Å². The molecule has 2 amide bonds. The quantitative estimate of drug-likeness (QED) is 0.851. The van der Waals surface area contributed by atoms with Gasteiger partial charge in [0.15, 0.2) is 0 Å². The number of phenols is 1. The Morgan fingerprint density at radius 3 is 2.26 bits per heavy atom. The molecule has 2 aromatic carbocycles. The number of urea groups is 1. The van der Waals surface area contributed by atoms with E-state index in [0.29, 0.717) is 17.8 Å². The van der Waals surface area contributed by atoms with Crippen LogP contribution in [0.4, 0.5) is 10.5 Å². The van der Waals surface area contributed by atoms with Crippen molar-refractivity contribution in [1.82, 2.24) is 4.90 Å². The van der Waals surface area contributed by atoms with Crippen LogP contribution in [0, 0.1) is 0 Å². The van der Waals surface area contributed by atoms with Gasteiger partial charge in [0.2, 0.25) is 0 Å². The first-order chi connectivity index (χ1) is 11.0. The number of benzene rings is 2. The fourth-order valence-electron chi connectivity index (χ4n) is 1.97. The van der Waals surface area contributed by atoms with Crippen LogP contribution in [0.2, 0.25) is 0 Å². The lowest BCUT2D eigenvalue weighted by Crippen LogP contribution is -2.30. The Morgan fingerprint density at radius 2 is 1.70 bits per heavy atom. The third-order valence-electron chi connectivity index (χ3n) is 3.26. The highest BCUT2D eigenvalue weighted by Crippen LogP contribution is 2.13. The summed E-state index contributed by atoms with van der Waals surface area (Å²) in [4.78, 5) is 25.0. The number of hydrogen-bond acceptors (Lipinski definition) is 4. The van der Waals surface area contributed by atoms with Crippen molar-refractivity contribution in [3.63, 3.8) is 0 Å². The molecule has 0 radical (unpaired) electrons. The number of nitrogens with one attached hydrogen (secondary N) is 1. The molecule has 0 saturated carbocycles. The van der Waals surface area contributed by atoms with Gasteiger partial charge in [-0.2, -0.15) is 0 Å². The molecule has 120 valence electrons. The number of rotatable bonds is 4. The molecule has 0 fully saturated rings. The van der Waals surface area contributed by atoms with Crippen LogP contribution in [0.1, 0.15) is 15.9 Å². The molecule has 23 heavy (non-hydrogen) atoms. The maximum absolute atomic E-state index is 12.1. The average molecular weight is 314 g/mol. The van der Waals surface area contributed by atoms with Crippen molar-refractivity contribution in [2.75, 3.05) is 19.5 Å². The molecule has 6 heteroatoms. The smallest absolute Gasteiger partial charge is 0.337 e. The van der Waals surface area contributed by atoms with E-state index in [1.165, 1.54) is 12.0 Å². The maximum Gasteiger partial charge on any atom is 0.337 e. The van der Waals surface area contributed by atoms with Gasteiger partial charge in [-0.15, -0.1) is 0 Å². The van der Waals surface area contributed by atoms with Crippen molar-refractivity contribution in [2.45, 2.75) is 6.54 Å². The molecule has 0 aliphatic heterocycles. The number of carbonyl (C=O) groups excluding carboxylic acids is 2. The van der Waals surface area contributed by atoms with Crippen molar-refractivity contribution in [3.05, 3.63) is 59.7 Å². The van der Waals surface area contributed by atoms with Crippen molar-refractivity contribution < 1.29 is 19.4 Å². The number of esters is 1. The fourth-order valence-corrected chi connectivity index (χ4v) is 1.97. The van der Waals surface area contributed by atoms with Crippen molar-refractivity contribution in [2.24, 2.45) is 0 Å². The predicted molar refractivity (Wildman–Crippen MR) is 86.4 cm³/mol. The normalized spacial score (nSPS) is 10.0. The lowest BCUT2D eigenvalue weighted by atomic mass is 10.2. The van der Waals surface area contributed by atoms with Gasteiger partial charge in [0.1, 0.15) is 5.75 Å². The van der Waals surface area contributed by atoms with Crippen molar-refractivity contribution in [3.8, 4) is 5.75 Å². The summed E-state index contributed by atoms with van der Waals surface area (Å²) in [7, 11) is 2.99. The van der Waals surface area contributed by atoms with Crippen molar-refractivity contribution >= 4 is 17.7 Å². The minimum atomic E-state index is -0.424. The van der Waals surface area contributed by atoms with Crippen LogP contribution < -0.4 is 5.32 Å². The molecule has 0 aliphatic rings. The lowest BCUT2D eigenvalue weighted by molar-refractivity contribution is 0.0600. The number of methoxy groups -OCH3 is 1. The maximum atomic E-state index is 12.1. The Morgan fingerprint density at radius 1 is 1.09 bits per heavy atom. The van der Waals surface area contributed by atoms with Gasteiger partial charge in [-0.05, 0) is 42.0 Å². The molecule has 0 aliphatic carbocycles. The summed E-state index contributed by atoms with van der Waals surface area (Å²) < 4.78 is 4.62. The van der Waals surface area contributed by atoms with Crippen molar-refractivity contribution in [1.29, 1.82) is 0 Å². The number of anilines is 1. The second-order valence-electron chi connectivity index (χ2n) is 5.02. The number of nitrogens with zero attached hydrogens (tertiary/aromatic N) is 1. The molecule has 0 atom stereocenters. The van der Waals surface area contributed by atoms with E-state index in [1.54, 1.807) is 55.6 Å². The predicted octanol–water partition coefficient (Wildman–Crippen LogP) is 2.84. The Bertz CT molecular complexity index is 681. The number of carbonyl (C=O) groups is 2. The van der Waals surface area contributed by atoms with Crippen LogP contribution in [-0.4, -0.2) is 36.2 Å². The van der Waals surface area contributed by atoms with Gasteiger partial charge in [-0.1, -0.05) is 12.1 Å². The second kappa shape index (κ2) is 7.31. The summed E-state index contributed by atoms with van der Waals surface area (Å²) in [6.45, 7) is 0.409. The zero-order valence-electron chi connectivity index (χ0n) is 12.9. The Kier molecular flexibility index (Phi) is 5.19.